The Morgan fingerprint density at radius 3 is 2.58 bits per heavy atom. The van der Waals surface area contributed by atoms with Crippen molar-refractivity contribution in [1.82, 2.24) is 10.2 Å². The number of nitrogens with one attached hydrogen (secondary N) is 1. The van der Waals surface area contributed by atoms with Crippen LogP contribution in [0.15, 0.2) is 34.2 Å². The lowest BCUT2D eigenvalue weighted by Crippen LogP contribution is -2.47. The minimum atomic E-state index is -0.0907. The predicted octanol–water partition coefficient (Wildman–Crippen LogP) is 2.55. The minimum Gasteiger partial charge on any atom is -0.469 e. The van der Waals surface area contributed by atoms with Crippen molar-refractivity contribution in [3.05, 3.63) is 29.8 Å². The Labute approximate surface area is 148 Å². The summed E-state index contributed by atoms with van der Waals surface area (Å²) in [4.78, 5) is 19.5. The van der Waals surface area contributed by atoms with Crippen LogP contribution in [0.25, 0.3) is 0 Å². The SMILES string of the molecule is CN=C(NCCSc1ccc(C)cc1)N1CCC(C(=O)OC)CC1. The van der Waals surface area contributed by atoms with Crippen molar-refractivity contribution in [2.24, 2.45) is 10.9 Å². The first kappa shape index (κ1) is 18.6. The molecule has 5 nitrogen and oxygen atoms in total. The summed E-state index contributed by atoms with van der Waals surface area (Å²) in [7, 11) is 3.27. The van der Waals surface area contributed by atoms with Crippen LogP contribution < -0.4 is 5.32 Å². The van der Waals surface area contributed by atoms with E-state index in [0.717, 1.165) is 44.2 Å². The third-order valence-corrected chi connectivity index (χ3v) is 5.23. The van der Waals surface area contributed by atoms with Gasteiger partial charge in [-0.15, -0.1) is 11.8 Å². The summed E-state index contributed by atoms with van der Waals surface area (Å²) in [6, 6.07) is 8.60. The molecule has 0 aliphatic carbocycles. The number of guanidine groups is 1. The van der Waals surface area contributed by atoms with E-state index in [1.807, 2.05) is 18.8 Å². The maximum absolute atomic E-state index is 11.6. The second kappa shape index (κ2) is 9.57. The fourth-order valence-electron chi connectivity index (χ4n) is 2.79. The Kier molecular flexibility index (Phi) is 7.43. The van der Waals surface area contributed by atoms with Crippen LogP contribution in [-0.2, 0) is 9.53 Å². The van der Waals surface area contributed by atoms with Crippen molar-refractivity contribution < 1.29 is 9.53 Å². The molecule has 0 atom stereocenters. The van der Waals surface area contributed by atoms with Crippen LogP contribution in [0, 0.1) is 12.8 Å². The summed E-state index contributed by atoms with van der Waals surface area (Å²) in [5.74, 6) is 1.84. The van der Waals surface area contributed by atoms with E-state index in [2.05, 4.69) is 46.4 Å². The fraction of sp³-hybridized carbons (Fsp3) is 0.556. The van der Waals surface area contributed by atoms with Crippen molar-refractivity contribution in [2.45, 2.75) is 24.7 Å². The molecule has 1 saturated heterocycles. The number of methoxy groups -OCH3 is 1. The summed E-state index contributed by atoms with van der Waals surface area (Å²) in [5.41, 5.74) is 1.29. The zero-order valence-electron chi connectivity index (χ0n) is 14.7. The van der Waals surface area contributed by atoms with Gasteiger partial charge in [-0.05, 0) is 31.9 Å². The molecule has 1 aliphatic heterocycles. The van der Waals surface area contributed by atoms with E-state index >= 15 is 0 Å². The van der Waals surface area contributed by atoms with E-state index in [9.17, 15) is 4.79 Å². The lowest BCUT2D eigenvalue weighted by molar-refractivity contribution is -0.146. The molecule has 0 bridgehead atoms. The number of aliphatic imine (C=N–C) groups is 1. The molecular weight excluding hydrogens is 322 g/mol. The quantitative estimate of drug-likeness (QED) is 0.291. The van der Waals surface area contributed by atoms with Crippen molar-refractivity contribution in [1.29, 1.82) is 0 Å². The Bertz CT molecular complexity index is 552. The van der Waals surface area contributed by atoms with E-state index in [1.54, 1.807) is 0 Å². The average Bonchev–Trinajstić information content (AvgIpc) is 2.63. The summed E-state index contributed by atoms with van der Waals surface area (Å²) in [6.07, 6.45) is 1.65. The van der Waals surface area contributed by atoms with Crippen LogP contribution >= 0.6 is 11.8 Å². The van der Waals surface area contributed by atoms with Gasteiger partial charge in [0, 0.05) is 37.3 Å². The topological polar surface area (TPSA) is 53.9 Å². The van der Waals surface area contributed by atoms with Crippen molar-refractivity contribution in [2.75, 3.05) is 39.5 Å². The Morgan fingerprint density at radius 1 is 1.33 bits per heavy atom. The predicted molar refractivity (Wildman–Crippen MR) is 99.6 cm³/mol. The van der Waals surface area contributed by atoms with Gasteiger partial charge in [-0.3, -0.25) is 9.79 Å². The molecule has 1 aliphatic rings. The minimum absolute atomic E-state index is 0.0291. The normalized spacial score (nSPS) is 16.1. The van der Waals surface area contributed by atoms with Crippen LogP contribution in [0.5, 0.6) is 0 Å². The van der Waals surface area contributed by atoms with E-state index in [1.165, 1.54) is 17.6 Å². The molecule has 0 aromatic heterocycles. The highest BCUT2D eigenvalue weighted by Crippen LogP contribution is 2.19. The van der Waals surface area contributed by atoms with Crippen LogP contribution in [0.2, 0.25) is 0 Å². The summed E-state index contributed by atoms with van der Waals surface area (Å²) < 4.78 is 4.83. The van der Waals surface area contributed by atoms with Crippen LogP contribution in [0.3, 0.4) is 0 Å². The smallest absolute Gasteiger partial charge is 0.308 e. The van der Waals surface area contributed by atoms with Gasteiger partial charge in [-0.25, -0.2) is 0 Å². The number of thioether (sulfide) groups is 1. The number of likely N-dealkylation sites (tertiary alicyclic amines) is 1. The number of aryl methyl sites for hydroxylation is 1. The average molecular weight is 350 g/mol. The van der Waals surface area contributed by atoms with Gasteiger partial charge in [0.15, 0.2) is 5.96 Å². The molecule has 1 aromatic carbocycles. The van der Waals surface area contributed by atoms with Crippen LogP contribution in [0.4, 0.5) is 0 Å². The zero-order chi connectivity index (χ0) is 17.4. The number of benzene rings is 1. The number of nitrogens with zero attached hydrogens (tertiary/aromatic N) is 2. The monoisotopic (exact) mass is 349 g/mol. The van der Waals surface area contributed by atoms with Gasteiger partial charge in [0.05, 0.1) is 13.0 Å². The van der Waals surface area contributed by atoms with Gasteiger partial charge in [-0.2, -0.15) is 0 Å². The van der Waals surface area contributed by atoms with Gasteiger partial charge < -0.3 is 15.0 Å². The molecule has 0 amide bonds. The molecule has 1 N–H and O–H groups in total. The van der Waals surface area contributed by atoms with E-state index in [4.69, 9.17) is 4.74 Å². The molecule has 0 saturated carbocycles. The highest BCUT2D eigenvalue weighted by atomic mass is 32.2. The van der Waals surface area contributed by atoms with Gasteiger partial charge >= 0.3 is 5.97 Å². The van der Waals surface area contributed by atoms with Gasteiger partial charge in [0.25, 0.3) is 0 Å². The molecule has 2 rings (SSSR count). The molecule has 1 fully saturated rings. The first-order valence-corrected chi connectivity index (χ1v) is 9.35. The molecule has 0 unspecified atom stereocenters. The van der Waals surface area contributed by atoms with E-state index in [-0.39, 0.29) is 11.9 Å². The zero-order valence-corrected chi connectivity index (χ0v) is 15.6. The second-order valence-electron chi connectivity index (χ2n) is 5.92. The Morgan fingerprint density at radius 2 is 2.00 bits per heavy atom. The number of rotatable bonds is 5. The third kappa shape index (κ3) is 5.44. The van der Waals surface area contributed by atoms with Crippen molar-refractivity contribution in [3.63, 3.8) is 0 Å². The number of ether oxygens (including phenoxy) is 1. The standard InChI is InChI=1S/C18H27N3O2S/c1-14-4-6-16(7-5-14)24-13-10-20-18(19-2)21-11-8-15(9-12-21)17(22)23-3/h4-7,15H,8-13H2,1-3H3,(H,19,20). The lowest BCUT2D eigenvalue weighted by Gasteiger charge is -2.33. The Hall–Kier alpha value is -1.69. The molecule has 1 heterocycles. The molecule has 0 radical (unpaired) electrons. The number of carbonyl (C=O) groups excluding carboxylic acids is 1. The van der Waals surface area contributed by atoms with Crippen molar-refractivity contribution >= 4 is 23.7 Å². The molecule has 6 heteroatoms. The molecule has 24 heavy (non-hydrogen) atoms. The highest BCUT2D eigenvalue weighted by Gasteiger charge is 2.26. The number of esters is 1. The molecule has 0 spiro atoms. The molecular formula is C18H27N3O2S. The van der Waals surface area contributed by atoms with E-state index < -0.39 is 0 Å². The maximum atomic E-state index is 11.6. The second-order valence-corrected chi connectivity index (χ2v) is 7.09. The largest absolute Gasteiger partial charge is 0.469 e. The van der Waals surface area contributed by atoms with Crippen LogP contribution in [0.1, 0.15) is 18.4 Å². The number of hydrogen-bond donors (Lipinski definition) is 1. The number of hydrogen-bond acceptors (Lipinski definition) is 4. The van der Waals surface area contributed by atoms with Gasteiger partial charge in [-0.1, -0.05) is 17.7 Å². The number of carbonyl (C=O) groups is 1. The third-order valence-electron chi connectivity index (χ3n) is 4.22. The summed E-state index contributed by atoms with van der Waals surface area (Å²) in [5, 5.41) is 3.42. The van der Waals surface area contributed by atoms with Crippen LogP contribution in [-0.4, -0.2) is 56.4 Å². The lowest BCUT2D eigenvalue weighted by atomic mass is 9.97. The Balaban J connectivity index is 1.71. The maximum Gasteiger partial charge on any atom is 0.308 e. The van der Waals surface area contributed by atoms with Crippen molar-refractivity contribution in [3.8, 4) is 0 Å². The van der Waals surface area contributed by atoms with Gasteiger partial charge in [0.1, 0.15) is 0 Å². The highest BCUT2D eigenvalue weighted by molar-refractivity contribution is 7.99. The fourth-order valence-corrected chi connectivity index (χ4v) is 3.56. The van der Waals surface area contributed by atoms with E-state index in [0.29, 0.717) is 0 Å². The number of piperidine rings is 1. The summed E-state index contributed by atoms with van der Waals surface area (Å²) >= 11 is 1.84. The first-order valence-electron chi connectivity index (χ1n) is 8.37. The first-order chi connectivity index (χ1) is 11.6. The van der Waals surface area contributed by atoms with Gasteiger partial charge in [0.2, 0.25) is 0 Å². The summed E-state index contributed by atoms with van der Waals surface area (Å²) in [6.45, 7) is 4.64. The molecule has 132 valence electrons. The molecule has 1 aromatic rings.